The first kappa shape index (κ1) is 17.0. The minimum absolute atomic E-state index is 0.0870. The van der Waals surface area contributed by atoms with Crippen LogP contribution in [-0.4, -0.2) is 27.1 Å². The topological polar surface area (TPSA) is 87.0 Å². The molecule has 0 bridgehead atoms. The summed E-state index contributed by atoms with van der Waals surface area (Å²) in [5.74, 6) is 1.80. The molecular formula is C18H27O5P. The lowest BCUT2D eigenvalue weighted by Gasteiger charge is -2.51. The molecule has 134 valence electrons. The van der Waals surface area contributed by atoms with Gasteiger partial charge in [0.2, 0.25) is 0 Å². The van der Waals surface area contributed by atoms with Crippen LogP contribution < -0.4 is 0 Å². The third-order valence-corrected chi connectivity index (χ3v) is 7.73. The Morgan fingerprint density at radius 1 is 1.25 bits per heavy atom. The number of aliphatic hydroxyl groups is 1. The van der Waals surface area contributed by atoms with E-state index < -0.39 is 13.9 Å². The SMILES string of the molecule is C[C@]12CC[C@@H]3C4=C(CC[C@H]3[C@@H]1CC[C@@H]2O)CC(OP(=O)(O)O)C=C4. The van der Waals surface area contributed by atoms with Crippen molar-refractivity contribution in [3.63, 3.8) is 0 Å². The lowest BCUT2D eigenvalue weighted by molar-refractivity contribution is -0.0303. The molecule has 0 aromatic rings. The summed E-state index contributed by atoms with van der Waals surface area (Å²) < 4.78 is 16.0. The number of rotatable bonds is 2. The molecule has 0 aromatic carbocycles. The third kappa shape index (κ3) is 2.75. The smallest absolute Gasteiger partial charge is 0.393 e. The Kier molecular flexibility index (Phi) is 4.09. The highest BCUT2D eigenvalue weighted by atomic mass is 31.2. The van der Waals surface area contributed by atoms with E-state index in [1.165, 1.54) is 11.1 Å². The maximum Gasteiger partial charge on any atom is 0.470 e. The fourth-order valence-corrected chi connectivity index (χ4v) is 6.53. The van der Waals surface area contributed by atoms with Crippen LogP contribution in [0.5, 0.6) is 0 Å². The number of fused-ring (bicyclic) bond motifs is 4. The van der Waals surface area contributed by atoms with Gasteiger partial charge in [-0.15, -0.1) is 0 Å². The largest absolute Gasteiger partial charge is 0.470 e. The van der Waals surface area contributed by atoms with Crippen molar-refractivity contribution >= 4 is 7.82 Å². The molecule has 2 saturated carbocycles. The molecule has 4 rings (SSSR count). The zero-order chi connectivity index (χ0) is 17.1. The van der Waals surface area contributed by atoms with Gasteiger partial charge in [-0.25, -0.2) is 4.57 Å². The highest BCUT2D eigenvalue weighted by molar-refractivity contribution is 7.46. The highest BCUT2D eigenvalue weighted by Gasteiger charge is 2.54. The first-order chi connectivity index (χ1) is 11.3. The first-order valence-corrected chi connectivity index (χ1v) is 10.6. The summed E-state index contributed by atoms with van der Waals surface area (Å²) in [6.45, 7) is 2.27. The zero-order valence-electron chi connectivity index (χ0n) is 14.1. The summed E-state index contributed by atoms with van der Waals surface area (Å²) in [5, 5.41) is 10.4. The molecule has 0 saturated heterocycles. The van der Waals surface area contributed by atoms with E-state index in [0.717, 1.165) is 38.5 Å². The summed E-state index contributed by atoms with van der Waals surface area (Å²) in [6.07, 6.45) is 10.2. The molecule has 4 aliphatic carbocycles. The number of hydrogen-bond donors (Lipinski definition) is 3. The number of phosphoric ester groups is 1. The minimum Gasteiger partial charge on any atom is -0.393 e. The van der Waals surface area contributed by atoms with Crippen LogP contribution in [-0.2, 0) is 9.09 Å². The second-order valence-corrected chi connectivity index (χ2v) is 9.50. The van der Waals surface area contributed by atoms with E-state index in [1.54, 1.807) is 0 Å². The average Bonchev–Trinajstić information content (AvgIpc) is 2.81. The Morgan fingerprint density at radius 2 is 2.04 bits per heavy atom. The molecule has 0 aliphatic heterocycles. The fraction of sp³-hybridized carbons (Fsp3) is 0.778. The van der Waals surface area contributed by atoms with Gasteiger partial charge >= 0.3 is 7.82 Å². The lowest BCUT2D eigenvalue weighted by atomic mass is 9.55. The van der Waals surface area contributed by atoms with Gasteiger partial charge in [0.1, 0.15) is 0 Å². The molecule has 5 nitrogen and oxygen atoms in total. The zero-order valence-corrected chi connectivity index (χ0v) is 15.0. The number of aliphatic hydroxyl groups excluding tert-OH is 1. The molecule has 0 spiro atoms. The number of hydrogen-bond acceptors (Lipinski definition) is 3. The third-order valence-electron chi connectivity index (χ3n) is 7.18. The molecule has 0 radical (unpaired) electrons. The Hall–Kier alpha value is -0.450. The lowest BCUT2D eigenvalue weighted by Crippen LogP contribution is -2.45. The van der Waals surface area contributed by atoms with Gasteiger partial charge < -0.3 is 14.9 Å². The molecule has 6 atom stereocenters. The van der Waals surface area contributed by atoms with Gasteiger partial charge in [-0.2, -0.15) is 0 Å². The van der Waals surface area contributed by atoms with E-state index in [9.17, 15) is 9.67 Å². The second-order valence-electron chi connectivity index (χ2n) is 8.31. The summed E-state index contributed by atoms with van der Waals surface area (Å²) in [5.41, 5.74) is 2.79. The van der Waals surface area contributed by atoms with Gasteiger partial charge in [0, 0.05) is 0 Å². The van der Waals surface area contributed by atoms with E-state index in [0.29, 0.717) is 24.2 Å². The van der Waals surface area contributed by atoms with Gasteiger partial charge in [0.15, 0.2) is 0 Å². The van der Waals surface area contributed by atoms with Crippen molar-refractivity contribution in [3.8, 4) is 0 Å². The molecule has 0 aromatic heterocycles. The van der Waals surface area contributed by atoms with Gasteiger partial charge in [-0.05, 0) is 73.7 Å². The van der Waals surface area contributed by atoms with Crippen molar-refractivity contribution in [2.75, 3.05) is 0 Å². The number of phosphoric acid groups is 1. The standard InChI is InChI=1S/C18H27O5P/c1-18-9-8-14-13-5-3-12(23-24(20,21)22)10-11(13)2-4-15(14)16(18)6-7-17(18)19/h3,5,12,14-17,19H,2,4,6-10H2,1H3,(H2,20,21,22)/t12?,14-,15-,16+,17+,18+/m1/s1. The maximum atomic E-state index is 11.1. The molecule has 4 aliphatic rings. The first-order valence-electron chi connectivity index (χ1n) is 9.10. The summed E-state index contributed by atoms with van der Waals surface area (Å²) in [6, 6.07) is 0. The van der Waals surface area contributed by atoms with Gasteiger partial charge in [0.25, 0.3) is 0 Å². The van der Waals surface area contributed by atoms with Crippen LogP contribution >= 0.6 is 7.82 Å². The monoisotopic (exact) mass is 354 g/mol. The van der Waals surface area contributed by atoms with Crippen LogP contribution in [0.4, 0.5) is 0 Å². The molecule has 3 N–H and O–H groups in total. The maximum absolute atomic E-state index is 11.1. The van der Waals surface area contributed by atoms with Crippen molar-refractivity contribution in [2.45, 2.75) is 64.1 Å². The van der Waals surface area contributed by atoms with Crippen molar-refractivity contribution in [1.82, 2.24) is 0 Å². The minimum atomic E-state index is -4.44. The predicted octanol–water partition coefficient (Wildman–Crippen LogP) is 3.32. The highest BCUT2D eigenvalue weighted by Crippen LogP contribution is 2.60. The molecule has 0 amide bonds. The van der Waals surface area contributed by atoms with E-state index in [2.05, 4.69) is 13.0 Å². The van der Waals surface area contributed by atoms with Crippen molar-refractivity contribution in [2.24, 2.45) is 23.2 Å². The Labute approximate surface area is 143 Å². The van der Waals surface area contributed by atoms with Crippen LogP contribution in [0.25, 0.3) is 0 Å². The van der Waals surface area contributed by atoms with Gasteiger partial charge in [-0.3, -0.25) is 4.52 Å². The molecule has 1 unspecified atom stereocenters. The van der Waals surface area contributed by atoms with Crippen molar-refractivity contribution in [3.05, 3.63) is 23.3 Å². The number of allylic oxidation sites excluding steroid dienone is 2. The van der Waals surface area contributed by atoms with Crippen LogP contribution in [0.3, 0.4) is 0 Å². The summed E-state index contributed by atoms with van der Waals surface area (Å²) in [7, 11) is -4.44. The van der Waals surface area contributed by atoms with Crippen LogP contribution in [0.1, 0.15) is 51.9 Å². The molecule has 0 heterocycles. The second kappa shape index (κ2) is 5.78. The Balaban J connectivity index is 1.54. The predicted molar refractivity (Wildman–Crippen MR) is 90.0 cm³/mol. The molecule has 6 heteroatoms. The molecule has 2 fully saturated rings. The van der Waals surface area contributed by atoms with Gasteiger partial charge in [-0.1, -0.05) is 24.6 Å². The Morgan fingerprint density at radius 3 is 2.79 bits per heavy atom. The van der Waals surface area contributed by atoms with Gasteiger partial charge in [0.05, 0.1) is 12.2 Å². The van der Waals surface area contributed by atoms with E-state index in [4.69, 9.17) is 14.3 Å². The van der Waals surface area contributed by atoms with Crippen LogP contribution in [0.15, 0.2) is 23.3 Å². The normalized spacial score (nSPS) is 44.9. The molecular weight excluding hydrogens is 327 g/mol. The summed E-state index contributed by atoms with van der Waals surface area (Å²) in [4.78, 5) is 18.0. The van der Waals surface area contributed by atoms with E-state index in [-0.39, 0.29) is 11.5 Å². The average molecular weight is 354 g/mol. The fourth-order valence-electron chi connectivity index (χ4n) is 6.03. The van der Waals surface area contributed by atoms with Crippen LogP contribution in [0.2, 0.25) is 0 Å². The summed E-state index contributed by atoms with van der Waals surface area (Å²) >= 11 is 0. The van der Waals surface area contributed by atoms with E-state index >= 15 is 0 Å². The van der Waals surface area contributed by atoms with Crippen molar-refractivity contribution < 1.29 is 24.0 Å². The van der Waals surface area contributed by atoms with Crippen LogP contribution in [0, 0.1) is 23.2 Å². The van der Waals surface area contributed by atoms with Crippen molar-refractivity contribution in [1.29, 1.82) is 0 Å². The quantitative estimate of drug-likeness (QED) is 0.662. The Bertz CT molecular complexity index is 635. The van der Waals surface area contributed by atoms with E-state index in [1.807, 2.05) is 6.08 Å². The molecule has 24 heavy (non-hydrogen) atoms.